The molecule has 1 saturated heterocycles. The number of carbonyl (C=O) groups is 1. The van der Waals surface area contributed by atoms with Gasteiger partial charge in [-0.2, -0.15) is 18.3 Å². The minimum absolute atomic E-state index is 0. The third kappa shape index (κ3) is 6.02. The number of rotatable bonds is 4. The number of nitrogens with one attached hydrogen (secondary N) is 1. The van der Waals surface area contributed by atoms with E-state index in [0.29, 0.717) is 18.9 Å². The number of guanidine groups is 1. The van der Waals surface area contributed by atoms with Crippen LogP contribution in [0.25, 0.3) is 0 Å². The lowest BCUT2D eigenvalue weighted by Crippen LogP contribution is -2.47. The number of hydrogen-bond acceptors (Lipinski definition) is 3. The number of aliphatic imine (C=N–C) groups is 1. The van der Waals surface area contributed by atoms with E-state index in [1.54, 1.807) is 7.05 Å². The van der Waals surface area contributed by atoms with Gasteiger partial charge in [-0.15, -0.1) is 24.0 Å². The Bertz CT molecular complexity index is 646. The molecule has 1 aromatic rings. The summed E-state index contributed by atoms with van der Waals surface area (Å²) in [4.78, 5) is 17.2. The largest absolute Gasteiger partial charge is 0.435 e. The summed E-state index contributed by atoms with van der Waals surface area (Å²) in [6, 6.07) is 0. The summed E-state index contributed by atoms with van der Waals surface area (Å²) >= 11 is 0. The van der Waals surface area contributed by atoms with Gasteiger partial charge in [-0.3, -0.25) is 14.5 Å². The van der Waals surface area contributed by atoms with Gasteiger partial charge in [0.25, 0.3) is 0 Å². The number of carbonyl (C=O) groups excluding carboxylic acids is 1. The van der Waals surface area contributed by atoms with Gasteiger partial charge < -0.3 is 16.0 Å². The fraction of sp³-hybridized carbons (Fsp3) is 0.667. The maximum Gasteiger partial charge on any atom is 0.435 e. The van der Waals surface area contributed by atoms with E-state index in [9.17, 15) is 18.0 Å². The first-order chi connectivity index (χ1) is 11.7. The van der Waals surface area contributed by atoms with Crippen molar-refractivity contribution in [2.45, 2.75) is 32.0 Å². The Balaban J connectivity index is 0.00000338. The number of alkyl halides is 3. The van der Waals surface area contributed by atoms with Crippen LogP contribution < -0.4 is 11.1 Å². The molecule has 1 atom stereocenters. The number of aryl methyl sites for hydroxylation is 1. The zero-order valence-corrected chi connectivity index (χ0v) is 17.0. The van der Waals surface area contributed by atoms with Crippen molar-refractivity contribution in [2.24, 2.45) is 23.7 Å². The van der Waals surface area contributed by atoms with Gasteiger partial charge >= 0.3 is 6.18 Å². The van der Waals surface area contributed by atoms with E-state index in [0.717, 1.165) is 24.1 Å². The van der Waals surface area contributed by atoms with Crippen molar-refractivity contribution < 1.29 is 18.0 Å². The maximum absolute atomic E-state index is 13.0. The highest BCUT2D eigenvalue weighted by Crippen LogP contribution is 2.30. The standard InChI is InChI=1S/C15H23F3N6O.HI/c1-20-14(24-5-3-4-10(8-24)6-12(19)25)21-7-11-9-23(2)22-13(11)15(16,17)18;/h9-10H,3-8H2,1-2H3,(H2,19,25)(H,20,21);1H. The molecule has 26 heavy (non-hydrogen) atoms. The molecule has 0 bridgehead atoms. The van der Waals surface area contributed by atoms with E-state index in [1.807, 2.05) is 4.90 Å². The van der Waals surface area contributed by atoms with Gasteiger partial charge in [0.05, 0.1) is 0 Å². The first kappa shape index (κ1) is 22.5. The van der Waals surface area contributed by atoms with Crippen LogP contribution in [0.2, 0.25) is 0 Å². The van der Waals surface area contributed by atoms with Crippen LogP contribution in [0, 0.1) is 5.92 Å². The van der Waals surface area contributed by atoms with E-state index in [1.165, 1.54) is 13.2 Å². The van der Waals surface area contributed by atoms with Gasteiger partial charge in [-0.1, -0.05) is 0 Å². The second-order valence-electron chi connectivity index (χ2n) is 6.20. The second-order valence-corrected chi connectivity index (χ2v) is 6.20. The number of halogens is 4. The third-order valence-corrected chi connectivity index (χ3v) is 4.13. The number of nitrogens with two attached hydrogens (primary N) is 1. The summed E-state index contributed by atoms with van der Waals surface area (Å²) in [6.07, 6.45) is -1.08. The highest BCUT2D eigenvalue weighted by Gasteiger charge is 2.37. The first-order valence-electron chi connectivity index (χ1n) is 8.04. The van der Waals surface area contributed by atoms with Gasteiger partial charge in [0.15, 0.2) is 11.7 Å². The van der Waals surface area contributed by atoms with Crippen molar-refractivity contribution in [3.63, 3.8) is 0 Å². The third-order valence-electron chi connectivity index (χ3n) is 4.13. The van der Waals surface area contributed by atoms with Crippen molar-refractivity contribution in [3.05, 3.63) is 17.5 Å². The molecule has 1 unspecified atom stereocenters. The minimum Gasteiger partial charge on any atom is -0.370 e. The molecule has 148 valence electrons. The molecule has 1 fully saturated rings. The lowest BCUT2D eigenvalue weighted by molar-refractivity contribution is -0.142. The summed E-state index contributed by atoms with van der Waals surface area (Å²) in [5.41, 5.74) is 4.41. The maximum atomic E-state index is 13.0. The minimum atomic E-state index is -4.50. The van der Waals surface area contributed by atoms with Gasteiger partial charge in [-0.25, -0.2) is 0 Å². The van der Waals surface area contributed by atoms with Gasteiger partial charge in [0.2, 0.25) is 5.91 Å². The number of nitrogens with zero attached hydrogens (tertiary/aromatic N) is 4. The van der Waals surface area contributed by atoms with Crippen molar-refractivity contribution in [3.8, 4) is 0 Å². The van der Waals surface area contributed by atoms with Crippen molar-refractivity contribution in [1.29, 1.82) is 0 Å². The summed E-state index contributed by atoms with van der Waals surface area (Å²) < 4.78 is 40.2. The molecule has 1 aliphatic rings. The molecular formula is C15H24F3IN6O. The predicted octanol–water partition coefficient (Wildman–Crippen LogP) is 1.72. The van der Waals surface area contributed by atoms with Crippen LogP contribution in [-0.2, 0) is 24.6 Å². The average Bonchev–Trinajstić information content (AvgIpc) is 2.89. The Hall–Kier alpha value is -1.53. The second kappa shape index (κ2) is 9.42. The first-order valence-corrected chi connectivity index (χ1v) is 8.04. The Kier molecular flexibility index (Phi) is 8.15. The van der Waals surface area contributed by atoms with E-state index >= 15 is 0 Å². The number of piperidine rings is 1. The molecule has 1 amide bonds. The molecule has 0 spiro atoms. The van der Waals surface area contributed by atoms with Crippen LogP contribution in [0.1, 0.15) is 30.5 Å². The normalized spacial score (nSPS) is 18.4. The highest BCUT2D eigenvalue weighted by atomic mass is 127. The van der Waals surface area contributed by atoms with Crippen LogP contribution in [0.3, 0.4) is 0 Å². The monoisotopic (exact) mass is 488 g/mol. The van der Waals surface area contributed by atoms with Gasteiger partial charge in [0.1, 0.15) is 0 Å². The Morgan fingerprint density at radius 1 is 1.50 bits per heavy atom. The average molecular weight is 488 g/mol. The fourth-order valence-electron chi connectivity index (χ4n) is 3.12. The molecule has 7 nitrogen and oxygen atoms in total. The Morgan fingerprint density at radius 3 is 2.77 bits per heavy atom. The quantitative estimate of drug-likeness (QED) is 0.384. The zero-order valence-electron chi connectivity index (χ0n) is 14.7. The topological polar surface area (TPSA) is 88.5 Å². The molecule has 1 aliphatic heterocycles. The van der Waals surface area contributed by atoms with E-state index in [2.05, 4.69) is 15.4 Å². The number of primary amides is 1. The summed E-state index contributed by atoms with van der Waals surface area (Å²) in [5, 5.41) is 6.45. The molecule has 0 saturated carbocycles. The molecule has 0 aliphatic carbocycles. The number of amides is 1. The highest BCUT2D eigenvalue weighted by molar-refractivity contribution is 14.0. The summed E-state index contributed by atoms with van der Waals surface area (Å²) in [5.74, 6) is 0.292. The Labute approximate surface area is 167 Å². The Morgan fingerprint density at radius 2 is 2.19 bits per heavy atom. The van der Waals surface area contributed by atoms with Crippen LogP contribution >= 0.6 is 24.0 Å². The zero-order chi connectivity index (χ0) is 18.6. The van der Waals surface area contributed by atoms with Gasteiger partial charge in [0, 0.05) is 51.9 Å². The number of likely N-dealkylation sites (tertiary alicyclic amines) is 1. The summed E-state index contributed by atoms with van der Waals surface area (Å²) in [6.45, 7) is 1.29. The van der Waals surface area contributed by atoms with Crippen LogP contribution in [-0.4, -0.2) is 46.7 Å². The van der Waals surface area contributed by atoms with Gasteiger partial charge in [-0.05, 0) is 18.8 Å². The molecule has 3 N–H and O–H groups in total. The molecule has 2 rings (SSSR count). The molecule has 2 heterocycles. The lowest BCUT2D eigenvalue weighted by atomic mass is 9.95. The molecule has 0 radical (unpaired) electrons. The fourth-order valence-corrected chi connectivity index (χ4v) is 3.12. The molecule has 11 heteroatoms. The molecule has 1 aromatic heterocycles. The SMILES string of the molecule is CN=C(NCc1cn(C)nc1C(F)(F)F)N1CCCC(CC(N)=O)C1.I. The van der Waals surface area contributed by atoms with E-state index in [-0.39, 0.29) is 47.9 Å². The van der Waals surface area contributed by atoms with Crippen molar-refractivity contribution in [1.82, 2.24) is 20.0 Å². The van der Waals surface area contributed by atoms with E-state index in [4.69, 9.17) is 5.73 Å². The molecular weight excluding hydrogens is 464 g/mol. The van der Waals surface area contributed by atoms with E-state index < -0.39 is 11.9 Å². The van der Waals surface area contributed by atoms with Crippen molar-refractivity contribution >= 4 is 35.8 Å². The van der Waals surface area contributed by atoms with Crippen LogP contribution in [0.15, 0.2) is 11.2 Å². The van der Waals surface area contributed by atoms with Crippen LogP contribution in [0.4, 0.5) is 13.2 Å². The lowest BCUT2D eigenvalue weighted by Gasteiger charge is -2.34. The van der Waals surface area contributed by atoms with Crippen molar-refractivity contribution in [2.75, 3.05) is 20.1 Å². The van der Waals surface area contributed by atoms with Crippen LogP contribution in [0.5, 0.6) is 0 Å². The number of hydrogen-bond donors (Lipinski definition) is 2. The summed E-state index contributed by atoms with van der Waals surface area (Å²) in [7, 11) is 3.03. The smallest absolute Gasteiger partial charge is 0.370 e. The number of aromatic nitrogens is 2. The molecule has 0 aromatic carbocycles. The predicted molar refractivity (Wildman–Crippen MR) is 102 cm³/mol.